The quantitative estimate of drug-likeness (QED) is 0.391. The van der Waals surface area contributed by atoms with Crippen molar-refractivity contribution in [3.63, 3.8) is 0 Å². The normalized spacial score (nSPS) is 17.4. The Hall–Kier alpha value is -3.30. The van der Waals surface area contributed by atoms with Crippen LogP contribution in [0.5, 0.6) is 0 Å². The number of aromatic nitrogens is 3. The molecular weight excluding hydrogens is 473 g/mol. The van der Waals surface area contributed by atoms with E-state index in [9.17, 15) is 19.1 Å². The zero-order valence-corrected chi connectivity index (χ0v) is 20.0. The number of nitrogens with one attached hydrogen (secondary N) is 2. The fourth-order valence-corrected chi connectivity index (χ4v) is 4.48. The van der Waals surface area contributed by atoms with E-state index in [0.717, 1.165) is 18.5 Å². The predicted octanol–water partition coefficient (Wildman–Crippen LogP) is 3.79. The SMILES string of the molecule is C[C@H]1CCN1C[C@H](C[C@@H](Cc1ccc(-c2cc(Cl)ccc2F)cc1)NC(=O)c1cn[nH]n1)C(=O)O. The summed E-state index contributed by atoms with van der Waals surface area (Å²) in [4.78, 5) is 26.8. The fourth-order valence-electron chi connectivity index (χ4n) is 4.31. The van der Waals surface area contributed by atoms with Crippen LogP contribution in [0, 0.1) is 11.7 Å². The maximum atomic E-state index is 14.2. The van der Waals surface area contributed by atoms with E-state index in [-0.39, 0.29) is 17.9 Å². The van der Waals surface area contributed by atoms with Gasteiger partial charge in [0.15, 0.2) is 5.69 Å². The van der Waals surface area contributed by atoms with E-state index in [1.807, 2.05) is 12.1 Å². The standard InChI is InChI=1S/C25H27ClFN5O3/c1-15-8-9-32(15)14-18(25(34)35)11-20(29-24(33)23-13-28-31-30-23)10-16-2-4-17(5-3-16)21-12-19(26)6-7-22(21)27/h2-7,12-13,15,18,20H,8-11,14H2,1H3,(H,29,33)(H,34,35)(H,28,30,31)/t15-,18-,20+/m0/s1. The number of benzene rings is 2. The van der Waals surface area contributed by atoms with Gasteiger partial charge in [0.2, 0.25) is 0 Å². The monoisotopic (exact) mass is 499 g/mol. The van der Waals surface area contributed by atoms with Crippen LogP contribution in [-0.2, 0) is 11.2 Å². The van der Waals surface area contributed by atoms with E-state index < -0.39 is 23.8 Å². The van der Waals surface area contributed by atoms with Crippen LogP contribution in [0.2, 0.25) is 5.02 Å². The lowest BCUT2D eigenvalue weighted by Crippen LogP contribution is -2.50. The van der Waals surface area contributed by atoms with Crippen molar-refractivity contribution in [3.8, 4) is 11.1 Å². The first-order chi connectivity index (χ1) is 16.8. The fraction of sp³-hybridized carbons (Fsp3) is 0.360. The summed E-state index contributed by atoms with van der Waals surface area (Å²) in [6.07, 6.45) is 3.03. The summed E-state index contributed by atoms with van der Waals surface area (Å²) < 4.78 is 14.2. The maximum Gasteiger partial charge on any atom is 0.307 e. The van der Waals surface area contributed by atoms with Crippen molar-refractivity contribution in [2.45, 2.75) is 38.3 Å². The van der Waals surface area contributed by atoms with Crippen LogP contribution in [0.1, 0.15) is 35.8 Å². The summed E-state index contributed by atoms with van der Waals surface area (Å²) in [5.74, 6) is -2.33. The molecule has 0 unspecified atom stereocenters. The van der Waals surface area contributed by atoms with E-state index >= 15 is 0 Å². The molecule has 2 heterocycles. The van der Waals surface area contributed by atoms with Gasteiger partial charge in [0.1, 0.15) is 5.82 Å². The Labute approximate surface area is 207 Å². The van der Waals surface area contributed by atoms with E-state index in [2.05, 4.69) is 32.6 Å². The van der Waals surface area contributed by atoms with E-state index in [4.69, 9.17) is 11.6 Å². The summed E-state index contributed by atoms with van der Waals surface area (Å²) in [7, 11) is 0. The highest BCUT2D eigenvalue weighted by molar-refractivity contribution is 6.30. The maximum absolute atomic E-state index is 14.2. The predicted molar refractivity (Wildman–Crippen MR) is 130 cm³/mol. The highest BCUT2D eigenvalue weighted by Gasteiger charge is 2.31. The molecule has 2 aromatic carbocycles. The van der Waals surface area contributed by atoms with Crippen LogP contribution in [0.3, 0.4) is 0 Å². The second-order valence-corrected chi connectivity index (χ2v) is 9.39. The van der Waals surface area contributed by atoms with Gasteiger partial charge >= 0.3 is 5.97 Å². The van der Waals surface area contributed by atoms with Gasteiger partial charge in [-0.05, 0) is 62.1 Å². The average molecular weight is 500 g/mol. The lowest BCUT2D eigenvalue weighted by Gasteiger charge is -2.40. The van der Waals surface area contributed by atoms with E-state index in [0.29, 0.717) is 35.2 Å². The van der Waals surface area contributed by atoms with Crippen LogP contribution in [0.4, 0.5) is 4.39 Å². The number of rotatable bonds is 10. The Bertz CT molecular complexity index is 1170. The Kier molecular flexibility index (Phi) is 7.77. The first-order valence-electron chi connectivity index (χ1n) is 11.5. The third kappa shape index (κ3) is 6.23. The molecule has 0 saturated carbocycles. The van der Waals surface area contributed by atoms with Crippen molar-refractivity contribution in [1.82, 2.24) is 25.6 Å². The van der Waals surface area contributed by atoms with Gasteiger partial charge in [-0.1, -0.05) is 35.9 Å². The minimum absolute atomic E-state index is 0.130. The van der Waals surface area contributed by atoms with Crippen molar-refractivity contribution in [2.75, 3.05) is 13.1 Å². The number of aliphatic carboxylic acids is 1. The molecule has 8 nitrogen and oxygen atoms in total. The van der Waals surface area contributed by atoms with Crippen LogP contribution >= 0.6 is 11.6 Å². The number of hydrogen-bond donors (Lipinski definition) is 3. The number of carboxylic acids is 1. The van der Waals surface area contributed by atoms with Gasteiger partial charge in [0.05, 0.1) is 12.1 Å². The number of hydrogen-bond acceptors (Lipinski definition) is 5. The van der Waals surface area contributed by atoms with Crippen molar-refractivity contribution < 1.29 is 19.1 Å². The molecule has 0 aliphatic carbocycles. The molecule has 3 atom stereocenters. The summed E-state index contributed by atoms with van der Waals surface area (Å²) in [5.41, 5.74) is 2.08. The first-order valence-corrected chi connectivity index (χ1v) is 11.9. The van der Waals surface area contributed by atoms with E-state index in [1.54, 1.807) is 18.2 Å². The van der Waals surface area contributed by atoms with E-state index in [1.165, 1.54) is 18.3 Å². The number of aromatic amines is 1. The molecule has 1 saturated heterocycles. The molecule has 0 bridgehead atoms. The molecule has 184 valence electrons. The second kappa shape index (κ2) is 11.0. The molecule has 1 amide bonds. The van der Waals surface area contributed by atoms with Gasteiger partial charge in [0.25, 0.3) is 5.91 Å². The number of H-pyrrole nitrogens is 1. The third-order valence-corrected chi connectivity index (χ3v) is 6.72. The molecule has 0 radical (unpaired) electrons. The van der Waals surface area contributed by atoms with Gasteiger partial charge in [-0.3, -0.25) is 14.5 Å². The average Bonchev–Trinajstić information content (AvgIpc) is 3.38. The summed E-state index contributed by atoms with van der Waals surface area (Å²) in [5, 5.41) is 23.1. The number of halogens is 2. The van der Waals surface area contributed by atoms with Crippen LogP contribution in [0.15, 0.2) is 48.7 Å². The topological polar surface area (TPSA) is 111 Å². The van der Waals surface area contributed by atoms with Crippen LogP contribution in [0.25, 0.3) is 11.1 Å². The van der Waals surface area contributed by atoms with Gasteiger partial charge in [-0.25, -0.2) is 4.39 Å². The van der Waals surface area contributed by atoms with Crippen LogP contribution in [-0.4, -0.2) is 62.5 Å². The molecule has 1 fully saturated rings. The first kappa shape index (κ1) is 24.8. The molecular formula is C25H27ClFN5O3. The Morgan fingerprint density at radius 1 is 1.29 bits per heavy atom. The lowest BCUT2D eigenvalue weighted by molar-refractivity contribution is -0.143. The van der Waals surface area contributed by atoms with Crippen molar-refractivity contribution >= 4 is 23.5 Å². The van der Waals surface area contributed by atoms with Gasteiger partial charge < -0.3 is 10.4 Å². The van der Waals surface area contributed by atoms with Crippen molar-refractivity contribution in [1.29, 1.82) is 0 Å². The third-order valence-electron chi connectivity index (χ3n) is 6.49. The van der Waals surface area contributed by atoms with Gasteiger partial charge in [-0.15, -0.1) is 0 Å². The van der Waals surface area contributed by atoms with Gasteiger partial charge in [0, 0.05) is 29.2 Å². The number of carbonyl (C=O) groups is 2. The number of carboxylic acid groups (broad SMARTS) is 1. The lowest BCUT2D eigenvalue weighted by atomic mass is 9.92. The highest BCUT2D eigenvalue weighted by Crippen LogP contribution is 2.27. The number of carbonyl (C=O) groups excluding carboxylic acids is 1. The molecule has 35 heavy (non-hydrogen) atoms. The van der Waals surface area contributed by atoms with Crippen LogP contribution < -0.4 is 5.32 Å². The summed E-state index contributed by atoms with van der Waals surface area (Å²) >= 11 is 6.02. The molecule has 1 aromatic heterocycles. The Morgan fingerprint density at radius 3 is 2.66 bits per heavy atom. The molecule has 10 heteroatoms. The Morgan fingerprint density at radius 2 is 2.06 bits per heavy atom. The summed E-state index contributed by atoms with van der Waals surface area (Å²) in [6, 6.07) is 11.6. The smallest absolute Gasteiger partial charge is 0.307 e. The zero-order chi connectivity index (χ0) is 24.9. The molecule has 4 rings (SSSR count). The Balaban J connectivity index is 1.51. The minimum Gasteiger partial charge on any atom is -0.481 e. The second-order valence-electron chi connectivity index (χ2n) is 8.95. The highest BCUT2D eigenvalue weighted by atomic mass is 35.5. The molecule has 3 N–H and O–H groups in total. The number of likely N-dealkylation sites (tertiary alicyclic amines) is 1. The largest absolute Gasteiger partial charge is 0.481 e. The zero-order valence-electron chi connectivity index (χ0n) is 19.2. The number of amides is 1. The molecule has 0 spiro atoms. The molecule has 1 aliphatic heterocycles. The van der Waals surface area contributed by atoms with Crippen molar-refractivity contribution in [3.05, 3.63) is 70.8 Å². The van der Waals surface area contributed by atoms with Gasteiger partial charge in [-0.2, -0.15) is 15.4 Å². The minimum atomic E-state index is -0.892. The molecule has 1 aliphatic rings. The molecule has 3 aromatic rings. The number of nitrogens with zero attached hydrogens (tertiary/aromatic N) is 3. The summed E-state index contributed by atoms with van der Waals surface area (Å²) in [6.45, 7) is 3.39. The van der Waals surface area contributed by atoms with Crippen molar-refractivity contribution in [2.24, 2.45) is 5.92 Å².